The van der Waals surface area contributed by atoms with E-state index in [-0.39, 0.29) is 11.8 Å². The number of aromatic nitrogens is 6. The Hall–Kier alpha value is -3.46. The number of hydrogen-bond acceptors (Lipinski definition) is 6. The summed E-state index contributed by atoms with van der Waals surface area (Å²) in [6.45, 7) is 3.36. The molecule has 1 amide bonds. The maximum absolute atomic E-state index is 13.2. The molecule has 10 heteroatoms. The molecule has 3 heterocycles. The van der Waals surface area contributed by atoms with Gasteiger partial charge in [0.25, 0.3) is 0 Å². The Balaban J connectivity index is 1.26. The van der Waals surface area contributed by atoms with Crippen molar-refractivity contribution >= 4 is 34.5 Å². The van der Waals surface area contributed by atoms with Crippen LogP contribution in [-0.4, -0.2) is 66.7 Å². The molecule has 170 valence electrons. The number of hydrogen-bond donors (Lipinski definition) is 0. The van der Waals surface area contributed by atoms with Gasteiger partial charge in [0.05, 0.1) is 17.6 Å². The summed E-state index contributed by atoms with van der Waals surface area (Å²) in [5.74, 6) is 1.03. The molecule has 0 bridgehead atoms. The molecule has 33 heavy (non-hydrogen) atoms. The third-order valence-corrected chi connectivity index (χ3v) is 6.49. The van der Waals surface area contributed by atoms with Crippen LogP contribution in [0.4, 0.5) is 5.95 Å². The minimum absolute atomic E-state index is 0.0452. The predicted molar refractivity (Wildman–Crippen MR) is 126 cm³/mol. The van der Waals surface area contributed by atoms with Crippen molar-refractivity contribution in [3.05, 3.63) is 65.4 Å². The van der Waals surface area contributed by atoms with Gasteiger partial charge in [-0.25, -0.2) is 9.67 Å². The Morgan fingerprint density at radius 1 is 1.06 bits per heavy atom. The molecule has 0 spiro atoms. The van der Waals surface area contributed by atoms with E-state index in [1.54, 1.807) is 11.0 Å². The maximum Gasteiger partial charge on any atom is 0.223 e. The Labute approximate surface area is 196 Å². The van der Waals surface area contributed by atoms with E-state index in [1.165, 1.54) is 0 Å². The lowest BCUT2D eigenvalue weighted by atomic mass is 9.95. The lowest BCUT2D eigenvalue weighted by Gasteiger charge is -2.36. The highest BCUT2D eigenvalue weighted by molar-refractivity contribution is 6.30. The van der Waals surface area contributed by atoms with Gasteiger partial charge < -0.3 is 14.4 Å². The van der Waals surface area contributed by atoms with E-state index in [0.29, 0.717) is 31.1 Å². The number of carbonyl (C=O) groups excluding carboxylic acids is 1. The van der Waals surface area contributed by atoms with E-state index in [2.05, 4.69) is 31.1 Å². The monoisotopic (exact) mass is 464 g/mol. The fraction of sp³-hybridized carbons (Fsp3) is 0.348. The van der Waals surface area contributed by atoms with Gasteiger partial charge in [-0.2, -0.15) is 0 Å². The first-order valence-corrected chi connectivity index (χ1v) is 11.4. The zero-order valence-electron chi connectivity index (χ0n) is 18.4. The number of carbonyl (C=O) groups is 1. The molecule has 1 saturated heterocycles. The van der Waals surface area contributed by atoms with Crippen LogP contribution in [0.15, 0.2) is 54.9 Å². The molecule has 0 N–H and O–H groups in total. The smallest absolute Gasteiger partial charge is 0.223 e. The van der Waals surface area contributed by atoms with Crippen molar-refractivity contribution in [2.45, 2.75) is 18.9 Å². The summed E-state index contributed by atoms with van der Waals surface area (Å²) < 4.78 is 3.78. The van der Waals surface area contributed by atoms with Crippen LogP contribution in [-0.2, 0) is 18.4 Å². The molecule has 0 unspecified atom stereocenters. The molecule has 1 atom stereocenters. The summed E-state index contributed by atoms with van der Waals surface area (Å²) in [5, 5.41) is 12.1. The average molecular weight is 465 g/mol. The topological polar surface area (TPSA) is 85.0 Å². The van der Waals surface area contributed by atoms with Gasteiger partial charge in [0.1, 0.15) is 6.33 Å². The molecule has 9 nitrogen and oxygen atoms in total. The number of imidazole rings is 1. The van der Waals surface area contributed by atoms with E-state index >= 15 is 0 Å². The Kier molecular flexibility index (Phi) is 5.95. The molecular weight excluding hydrogens is 440 g/mol. The van der Waals surface area contributed by atoms with E-state index in [9.17, 15) is 4.79 Å². The van der Waals surface area contributed by atoms with Crippen LogP contribution in [0, 0.1) is 0 Å². The number of tetrazole rings is 1. The fourth-order valence-corrected chi connectivity index (χ4v) is 4.55. The quantitative estimate of drug-likeness (QED) is 0.436. The molecular formula is C23H25ClN8O. The van der Waals surface area contributed by atoms with E-state index in [0.717, 1.165) is 35.6 Å². The van der Waals surface area contributed by atoms with Crippen molar-refractivity contribution in [3.63, 3.8) is 0 Å². The maximum atomic E-state index is 13.2. The molecule has 1 fully saturated rings. The van der Waals surface area contributed by atoms with Gasteiger partial charge in [0.2, 0.25) is 11.9 Å². The third-order valence-electron chi connectivity index (χ3n) is 6.24. The number of anilines is 1. The van der Waals surface area contributed by atoms with Crippen molar-refractivity contribution in [1.29, 1.82) is 0 Å². The summed E-state index contributed by atoms with van der Waals surface area (Å²) in [5.41, 5.74) is 3.14. The number of aryl methyl sites for hydroxylation is 1. The lowest BCUT2D eigenvalue weighted by molar-refractivity contribution is -0.132. The standard InChI is InChI=1S/C23H25ClN8O/c1-29-21-5-3-2-4-20(21)26-23(29)31-12-10-30(11-13-31)22(33)14-18(15-32-16-25-27-28-32)17-6-8-19(24)9-7-17/h2-9,16,18H,10-15H2,1H3/t18-/m0/s1. The number of para-hydroxylation sites is 2. The van der Waals surface area contributed by atoms with Gasteiger partial charge in [-0.3, -0.25) is 4.79 Å². The molecule has 0 radical (unpaired) electrons. The molecule has 1 aliphatic rings. The normalized spacial score (nSPS) is 15.2. The van der Waals surface area contributed by atoms with Crippen LogP contribution in [0.25, 0.3) is 11.0 Å². The molecule has 2 aromatic carbocycles. The summed E-state index contributed by atoms with van der Waals surface area (Å²) in [4.78, 5) is 22.2. The van der Waals surface area contributed by atoms with Crippen molar-refractivity contribution in [2.75, 3.05) is 31.1 Å². The second-order valence-corrected chi connectivity index (χ2v) is 8.75. The van der Waals surface area contributed by atoms with Crippen molar-refractivity contribution in [2.24, 2.45) is 7.05 Å². The van der Waals surface area contributed by atoms with Gasteiger partial charge in [0, 0.05) is 50.6 Å². The fourth-order valence-electron chi connectivity index (χ4n) is 4.42. The summed E-state index contributed by atoms with van der Waals surface area (Å²) in [7, 11) is 2.04. The number of fused-ring (bicyclic) bond motifs is 1. The summed E-state index contributed by atoms with van der Waals surface area (Å²) >= 11 is 6.06. The van der Waals surface area contributed by atoms with Crippen LogP contribution in [0.5, 0.6) is 0 Å². The van der Waals surface area contributed by atoms with Crippen LogP contribution < -0.4 is 4.90 Å². The number of piperazine rings is 1. The minimum Gasteiger partial charge on any atom is -0.339 e. The first-order chi connectivity index (χ1) is 16.1. The zero-order valence-corrected chi connectivity index (χ0v) is 19.1. The molecule has 5 rings (SSSR count). The molecule has 2 aromatic heterocycles. The largest absolute Gasteiger partial charge is 0.339 e. The van der Waals surface area contributed by atoms with E-state index in [4.69, 9.17) is 16.6 Å². The lowest BCUT2D eigenvalue weighted by Crippen LogP contribution is -2.49. The van der Waals surface area contributed by atoms with Crippen LogP contribution in [0.1, 0.15) is 17.9 Å². The van der Waals surface area contributed by atoms with Gasteiger partial charge >= 0.3 is 0 Å². The van der Waals surface area contributed by atoms with Crippen molar-refractivity contribution in [1.82, 2.24) is 34.7 Å². The molecule has 0 saturated carbocycles. The third kappa shape index (κ3) is 4.54. The predicted octanol–water partition coefficient (Wildman–Crippen LogP) is 2.74. The number of amides is 1. The number of halogens is 1. The Morgan fingerprint density at radius 3 is 2.52 bits per heavy atom. The Bertz CT molecular complexity index is 1230. The highest BCUT2D eigenvalue weighted by Crippen LogP contribution is 2.26. The Morgan fingerprint density at radius 2 is 1.82 bits per heavy atom. The van der Waals surface area contributed by atoms with Crippen LogP contribution in [0.2, 0.25) is 5.02 Å². The van der Waals surface area contributed by atoms with Crippen LogP contribution >= 0.6 is 11.6 Å². The second-order valence-electron chi connectivity index (χ2n) is 8.31. The SMILES string of the molecule is Cn1c(N2CCN(C(=O)C[C@@H](Cn3cnnn3)c3ccc(Cl)cc3)CC2)nc2ccccc21. The highest BCUT2D eigenvalue weighted by Gasteiger charge is 2.26. The minimum atomic E-state index is -0.0452. The molecule has 4 aromatic rings. The van der Waals surface area contributed by atoms with E-state index in [1.807, 2.05) is 54.4 Å². The number of nitrogens with zero attached hydrogens (tertiary/aromatic N) is 8. The van der Waals surface area contributed by atoms with Crippen molar-refractivity contribution < 1.29 is 4.79 Å². The van der Waals surface area contributed by atoms with Gasteiger partial charge in [-0.15, -0.1) is 5.10 Å². The first kappa shape index (κ1) is 21.4. The number of rotatable bonds is 6. The van der Waals surface area contributed by atoms with E-state index < -0.39 is 0 Å². The average Bonchev–Trinajstić information content (AvgIpc) is 3.47. The first-order valence-electron chi connectivity index (χ1n) is 11.0. The van der Waals surface area contributed by atoms with Crippen LogP contribution in [0.3, 0.4) is 0 Å². The summed E-state index contributed by atoms with van der Waals surface area (Å²) in [6.07, 6.45) is 1.96. The van der Waals surface area contributed by atoms with Crippen molar-refractivity contribution in [3.8, 4) is 0 Å². The molecule has 0 aliphatic carbocycles. The number of benzene rings is 2. The second kappa shape index (κ2) is 9.19. The zero-order chi connectivity index (χ0) is 22.8. The molecule has 1 aliphatic heterocycles. The van der Waals surface area contributed by atoms with Gasteiger partial charge in [0.15, 0.2) is 0 Å². The highest BCUT2D eigenvalue weighted by atomic mass is 35.5. The van der Waals surface area contributed by atoms with Gasteiger partial charge in [-0.1, -0.05) is 35.9 Å². The summed E-state index contributed by atoms with van der Waals surface area (Å²) in [6, 6.07) is 15.8. The van der Waals surface area contributed by atoms with Gasteiger partial charge in [-0.05, 0) is 40.3 Å².